The molecule has 0 saturated heterocycles. The molecule has 0 radical (unpaired) electrons. The Labute approximate surface area is 217 Å². The fraction of sp³-hybridized carbons (Fsp3) is 0.480. The van der Waals surface area contributed by atoms with E-state index in [4.69, 9.17) is 14.5 Å². The quantitative estimate of drug-likeness (QED) is 0.246. The Bertz CT molecular complexity index is 1270. The third-order valence-corrected chi connectivity index (χ3v) is 10.0. The zero-order chi connectivity index (χ0) is 25.2. The van der Waals surface area contributed by atoms with Gasteiger partial charge in [-0.3, -0.25) is 0 Å². The Hall–Kier alpha value is -1.72. The molecule has 3 aromatic rings. The summed E-state index contributed by atoms with van der Waals surface area (Å²) in [5.41, 5.74) is 1.80. The standard InChI is InChI=1S/C25H34BrN3O4SSi/c1-18-8-10-20(11-9-18)34(30,31)28-22-6-5-7-23(22)33-25-21(26)16-19-12-13-29(24(19)27-25)17-32-14-15-35(2,3)4/h8-13,16,22-23,28H,5-7,14-15,17H2,1-4H3/t22-,23-/m0/s1. The molecule has 0 spiro atoms. The molecule has 190 valence electrons. The second kappa shape index (κ2) is 10.7. The van der Waals surface area contributed by atoms with Crippen LogP contribution in [0.15, 0.2) is 52.0 Å². The molecule has 2 heterocycles. The first-order chi connectivity index (χ1) is 16.5. The van der Waals surface area contributed by atoms with Crippen LogP contribution in [-0.4, -0.2) is 44.8 Å². The van der Waals surface area contributed by atoms with Gasteiger partial charge in [0.05, 0.1) is 15.4 Å². The first-order valence-corrected chi connectivity index (χ1v) is 18.0. The Morgan fingerprint density at radius 1 is 1.17 bits per heavy atom. The van der Waals surface area contributed by atoms with Gasteiger partial charge in [-0.25, -0.2) is 13.1 Å². The van der Waals surface area contributed by atoms with Crippen molar-refractivity contribution in [3.05, 3.63) is 52.6 Å². The normalized spacial score (nSPS) is 18.9. The molecule has 1 aliphatic carbocycles. The van der Waals surface area contributed by atoms with Crippen molar-refractivity contribution in [3.8, 4) is 5.88 Å². The van der Waals surface area contributed by atoms with Crippen LogP contribution in [0.25, 0.3) is 11.0 Å². The Morgan fingerprint density at radius 3 is 2.63 bits per heavy atom. The Kier molecular flexibility index (Phi) is 8.07. The zero-order valence-corrected chi connectivity index (χ0v) is 24.2. The van der Waals surface area contributed by atoms with Gasteiger partial charge in [-0.15, -0.1) is 0 Å². The first kappa shape index (κ1) is 26.3. The summed E-state index contributed by atoms with van der Waals surface area (Å²) in [7, 11) is -4.77. The summed E-state index contributed by atoms with van der Waals surface area (Å²) in [5.74, 6) is 0.464. The Morgan fingerprint density at radius 2 is 1.91 bits per heavy atom. The van der Waals surface area contributed by atoms with E-state index in [1.807, 2.05) is 29.8 Å². The molecule has 10 heteroatoms. The van der Waals surface area contributed by atoms with E-state index < -0.39 is 18.1 Å². The van der Waals surface area contributed by atoms with E-state index >= 15 is 0 Å². The van der Waals surface area contributed by atoms with Crippen molar-refractivity contribution in [1.29, 1.82) is 0 Å². The van der Waals surface area contributed by atoms with Gasteiger partial charge in [-0.1, -0.05) is 37.3 Å². The monoisotopic (exact) mass is 579 g/mol. The van der Waals surface area contributed by atoms with E-state index in [0.29, 0.717) is 12.6 Å². The van der Waals surface area contributed by atoms with Gasteiger partial charge in [0.1, 0.15) is 18.5 Å². The predicted molar refractivity (Wildman–Crippen MR) is 145 cm³/mol. The lowest BCUT2D eigenvalue weighted by Gasteiger charge is -2.22. The van der Waals surface area contributed by atoms with Crippen molar-refractivity contribution < 1.29 is 17.9 Å². The SMILES string of the molecule is Cc1ccc(S(=O)(=O)N[C@H]2CCC[C@@H]2Oc2nc3c(ccn3COCC[Si](C)(C)C)cc2Br)cc1. The molecular formula is C25H34BrN3O4SSi. The number of benzene rings is 1. The zero-order valence-electron chi connectivity index (χ0n) is 20.8. The number of fused-ring (bicyclic) bond motifs is 1. The fourth-order valence-corrected chi connectivity index (χ4v) is 6.61. The van der Waals surface area contributed by atoms with Crippen molar-refractivity contribution in [3.63, 3.8) is 0 Å². The van der Waals surface area contributed by atoms with Gasteiger partial charge in [0.25, 0.3) is 0 Å². The number of rotatable bonds is 10. The van der Waals surface area contributed by atoms with E-state index in [1.165, 1.54) is 0 Å². The van der Waals surface area contributed by atoms with Crippen LogP contribution in [0.3, 0.4) is 0 Å². The van der Waals surface area contributed by atoms with Gasteiger partial charge in [0.15, 0.2) is 0 Å². The molecule has 0 aliphatic heterocycles. The number of ether oxygens (including phenoxy) is 2. The third kappa shape index (κ3) is 6.74. The summed E-state index contributed by atoms with van der Waals surface area (Å²) in [4.78, 5) is 5.04. The van der Waals surface area contributed by atoms with E-state index in [-0.39, 0.29) is 17.0 Å². The van der Waals surface area contributed by atoms with Crippen LogP contribution >= 0.6 is 15.9 Å². The minimum absolute atomic E-state index is 0.265. The number of nitrogens with zero attached hydrogens (tertiary/aromatic N) is 2. The third-order valence-electron chi connectivity index (χ3n) is 6.24. The highest BCUT2D eigenvalue weighted by Gasteiger charge is 2.33. The molecule has 2 aromatic heterocycles. The van der Waals surface area contributed by atoms with Crippen LogP contribution in [0.5, 0.6) is 5.88 Å². The van der Waals surface area contributed by atoms with Crippen LogP contribution in [-0.2, 0) is 21.5 Å². The summed E-state index contributed by atoms with van der Waals surface area (Å²) in [5, 5.41) is 0.987. The number of halogens is 1. The van der Waals surface area contributed by atoms with Crippen LogP contribution in [0, 0.1) is 6.92 Å². The number of nitrogens with one attached hydrogen (secondary N) is 1. The van der Waals surface area contributed by atoms with Crippen LogP contribution in [0.1, 0.15) is 24.8 Å². The van der Waals surface area contributed by atoms with Crippen LogP contribution in [0.4, 0.5) is 0 Å². The van der Waals surface area contributed by atoms with Gasteiger partial charge in [0.2, 0.25) is 15.9 Å². The molecule has 1 N–H and O–H groups in total. The molecule has 35 heavy (non-hydrogen) atoms. The van der Waals surface area contributed by atoms with Crippen molar-refractivity contribution in [2.75, 3.05) is 6.61 Å². The van der Waals surface area contributed by atoms with E-state index in [9.17, 15) is 8.42 Å². The molecule has 4 rings (SSSR count). The molecule has 2 atom stereocenters. The summed E-state index contributed by atoms with van der Waals surface area (Å²) < 4.78 is 43.6. The van der Waals surface area contributed by atoms with Gasteiger partial charge in [0, 0.05) is 26.3 Å². The predicted octanol–water partition coefficient (Wildman–Crippen LogP) is 5.70. The summed E-state index contributed by atoms with van der Waals surface area (Å²) >= 11 is 3.58. The highest BCUT2D eigenvalue weighted by atomic mass is 79.9. The maximum atomic E-state index is 12.9. The lowest BCUT2D eigenvalue weighted by Crippen LogP contribution is -2.42. The molecule has 0 unspecified atom stereocenters. The summed E-state index contributed by atoms with van der Waals surface area (Å²) in [6.45, 7) is 10.1. The van der Waals surface area contributed by atoms with Crippen molar-refractivity contribution in [2.24, 2.45) is 0 Å². The fourth-order valence-electron chi connectivity index (χ4n) is 4.13. The summed E-state index contributed by atoms with van der Waals surface area (Å²) in [6, 6.07) is 11.7. The molecule has 7 nitrogen and oxygen atoms in total. The maximum Gasteiger partial charge on any atom is 0.240 e. The highest BCUT2D eigenvalue weighted by Crippen LogP contribution is 2.32. The van der Waals surface area contributed by atoms with Crippen molar-refractivity contribution >= 4 is 45.1 Å². The first-order valence-electron chi connectivity index (χ1n) is 12.0. The van der Waals surface area contributed by atoms with Gasteiger partial charge in [-0.2, -0.15) is 4.98 Å². The van der Waals surface area contributed by atoms with Crippen molar-refractivity contribution in [1.82, 2.24) is 14.3 Å². The maximum absolute atomic E-state index is 12.9. The van der Waals surface area contributed by atoms with Crippen molar-refractivity contribution in [2.45, 2.75) is 75.6 Å². The number of pyridine rings is 1. The highest BCUT2D eigenvalue weighted by molar-refractivity contribution is 9.10. The molecule has 1 saturated carbocycles. The molecule has 0 amide bonds. The van der Waals surface area contributed by atoms with Crippen LogP contribution in [0.2, 0.25) is 25.7 Å². The average Bonchev–Trinajstić information content (AvgIpc) is 3.37. The smallest absolute Gasteiger partial charge is 0.240 e. The van der Waals surface area contributed by atoms with E-state index in [0.717, 1.165) is 53.0 Å². The topological polar surface area (TPSA) is 82.5 Å². The average molecular weight is 581 g/mol. The van der Waals surface area contributed by atoms with Gasteiger partial charge in [-0.05, 0) is 72.4 Å². The lowest BCUT2D eigenvalue weighted by atomic mass is 10.2. The number of aryl methyl sites for hydroxylation is 1. The number of hydrogen-bond donors (Lipinski definition) is 1. The Balaban J connectivity index is 1.47. The summed E-state index contributed by atoms with van der Waals surface area (Å²) in [6.07, 6.45) is 4.03. The minimum Gasteiger partial charge on any atom is -0.472 e. The second-order valence-electron chi connectivity index (χ2n) is 10.4. The second-order valence-corrected chi connectivity index (χ2v) is 18.6. The van der Waals surface area contributed by atoms with Crippen LogP contribution < -0.4 is 9.46 Å². The van der Waals surface area contributed by atoms with Gasteiger partial charge >= 0.3 is 0 Å². The minimum atomic E-state index is -3.63. The molecule has 1 aliphatic rings. The number of sulfonamides is 1. The molecule has 1 fully saturated rings. The van der Waals surface area contributed by atoms with E-state index in [1.54, 1.807) is 24.3 Å². The lowest BCUT2D eigenvalue weighted by molar-refractivity contribution is 0.0897. The molecule has 1 aromatic carbocycles. The number of aromatic nitrogens is 2. The number of hydrogen-bond acceptors (Lipinski definition) is 5. The van der Waals surface area contributed by atoms with E-state index in [2.05, 4.69) is 40.3 Å². The van der Waals surface area contributed by atoms with Gasteiger partial charge < -0.3 is 14.0 Å². The largest absolute Gasteiger partial charge is 0.472 e. The molecular weight excluding hydrogens is 546 g/mol. The molecule has 0 bridgehead atoms.